The number of sulfonamides is 1. The minimum absolute atomic E-state index is 0.00503. The first-order valence-electron chi connectivity index (χ1n) is 9.71. The van der Waals surface area contributed by atoms with Crippen molar-refractivity contribution in [3.05, 3.63) is 71.8 Å². The molecule has 33 heavy (non-hydrogen) atoms. The van der Waals surface area contributed by atoms with Crippen molar-refractivity contribution in [2.75, 3.05) is 36.6 Å². The van der Waals surface area contributed by atoms with Crippen LogP contribution < -0.4 is 9.62 Å². The minimum atomic E-state index is -3.85. The summed E-state index contributed by atoms with van der Waals surface area (Å²) in [4.78, 5) is 36.9. The second-order valence-electron chi connectivity index (χ2n) is 7.06. The number of carbonyl (C=O) groups excluding carboxylic acids is 3. The highest BCUT2D eigenvalue weighted by Crippen LogP contribution is 2.28. The van der Waals surface area contributed by atoms with Gasteiger partial charge in [0.2, 0.25) is 15.9 Å². The van der Waals surface area contributed by atoms with Gasteiger partial charge in [-0.25, -0.2) is 18.0 Å². The first-order chi connectivity index (χ1) is 15.7. The highest BCUT2D eigenvalue weighted by Gasteiger charge is 2.24. The lowest BCUT2D eigenvalue weighted by atomic mass is 10.1. The molecule has 0 bridgehead atoms. The summed E-state index contributed by atoms with van der Waals surface area (Å²) in [5, 5.41) is 3.97. The lowest BCUT2D eigenvalue weighted by molar-refractivity contribution is -0.114. The monoisotopic (exact) mass is 470 g/mol. The summed E-state index contributed by atoms with van der Waals surface area (Å²) in [6.07, 6.45) is 1.000. The maximum absolute atomic E-state index is 12.9. The van der Waals surface area contributed by atoms with Gasteiger partial charge in [0.25, 0.3) is 0 Å². The number of nitrogens with one attached hydrogen (secondary N) is 1. The van der Waals surface area contributed by atoms with Crippen molar-refractivity contribution in [2.45, 2.75) is 0 Å². The van der Waals surface area contributed by atoms with Gasteiger partial charge >= 0.3 is 11.9 Å². The Hall–Kier alpha value is -3.92. The number of benzene rings is 3. The van der Waals surface area contributed by atoms with E-state index in [4.69, 9.17) is 4.74 Å². The Labute approximate surface area is 191 Å². The average Bonchev–Trinajstić information content (AvgIpc) is 2.80. The summed E-state index contributed by atoms with van der Waals surface area (Å²) in [5.41, 5.74) is 0.410. The SMILES string of the molecule is COC(=O)c1ccc(C(=O)OC)c(NC(=O)CN(c2cccc3ccccc23)S(C)(=O)=O)c1. The van der Waals surface area contributed by atoms with Gasteiger partial charge < -0.3 is 14.8 Å². The van der Waals surface area contributed by atoms with Crippen molar-refractivity contribution in [3.8, 4) is 0 Å². The molecular weight excluding hydrogens is 448 g/mol. The lowest BCUT2D eigenvalue weighted by Crippen LogP contribution is -2.37. The number of ether oxygens (including phenoxy) is 2. The molecule has 1 amide bonds. The van der Waals surface area contributed by atoms with Crippen LogP contribution in [0, 0.1) is 0 Å². The summed E-state index contributed by atoms with van der Waals surface area (Å²) in [7, 11) is -1.47. The largest absolute Gasteiger partial charge is 0.465 e. The van der Waals surface area contributed by atoms with Crippen molar-refractivity contribution in [3.63, 3.8) is 0 Å². The van der Waals surface area contributed by atoms with Gasteiger partial charge in [-0.3, -0.25) is 9.10 Å². The second kappa shape index (κ2) is 9.70. The number of rotatable bonds is 7. The molecule has 3 aromatic carbocycles. The zero-order chi connectivity index (χ0) is 24.2. The smallest absolute Gasteiger partial charge is 0.339 e. The molecule has 3 aromatic rings. The molecule has 10 heteroatoms. The topological polar surface area (TPSA) is 119 Å². The lowest BCUT2D eigenvalue weighted by Gasteiger charge is -2.23. The zero-order valence-electron chi connectivity index (χ0n) is 18.2. The second-order valence-corrected chi connectivity index (χ2v) is 8.97. The van der Waals surface area contributed by atoms with E-state index in [0.717, 1.165) is 15.9 Å². The van der Waals surface area contributed by atoms with Crippen LogP contribution in [0.3, 0.4) is 0 Å². The van der Waals surface area contributed by atoms with E-state index >= 15 is 0 Å². The highest BCUT2D eigenvalue weighted by molar-refractivity contribution is 7.92. The Morgan fingerprint density at radius 1 is 0.909 bits per heavy atom. The maximum Gasteiger partial charge on any atom is 0.339 e. The zero-order valence-corrected chi connectivity index (χ0v) is 19.0. The van der Waals surface area contributed by atoms with Crippen LogP contribution in [-0.4, -0.2) is 53.3 Å². The molecule has 0 saturated carbocycles. The van der Waals surface area contributed by atoms with Gasteiger partial charge in [-0.1, -0.05) is 36.4 Å². The van der Waals surface area contributed by atoms with E-state index in [2.05, 4.69) is 10.1 Å². The van der Waals surface area contributed by atoms with Gasteiger partial charge in [0.15, 0.2) is 0 Å². The van der Waals surface area contributed by atoms with Crippen LogP contribution in [0.2, 0.25) is 0 Å². The number of anilines is 2. The van der Waals surface area contributed by atoms with E-state index in [1.807, 2.05) is 18.2 Å². The van der Waals surface area contributed by atoms with Gasteiger partial charge in [0, 0.05) is 5.39 Å². The third kappa shape index (κ3) is 5.29. The fraction of sp³-hybridized carbons (Fsp3) is 0.174. The molecule has 0 fully saturated rings. The molecule has 0 radical (unpaired) electrons. The van der Waals surface area contributed by atoms with Crippen LogP contribution in [0.15, 0.2) is 60.7 Å². The number of amides is 1. The predicted molar refractivity (Wildman–Crippen MR) is 124 cm³/mol. The molecule has 0 aliphatic rings. The van der Waals surface area contributed by atoms with E-state index in [-0.39, 0.29) is 16.8 Å². The van der Waals surface area contributed by atoms with Crippen LogP contribution in [0.1, 0.15) is 20.7 Å². The molecule has 9 nitrogen and oxygen atoms in total. The van der Waals surface area contributed by atoms with E-state index < -0.39 is 34.4 Å². The van der Waals surface area contributed by atoms with Crippen molar-refractivity contribution >= 4 is 50.0 Å². The quantitative estimate of drug-likeness (QED) is 0.527. The van der Waals surface area contributed by atoms with Crippen molar-refractivity contribution in [2.24, 2.45) is 0 Å². The van der Waals surface area contributed by atoms with Crippen molar-refractivity contribution < 1.29 is 32.3 Å². The fourth-order valence-electron chi connectivity index (χ4n) is 3.31. The average molecular weight is 471 g/mol. The molecule has 0 spiro atoms. The molecule has 0 aliphatic heterocycles. The Bertz CT molecular complexity index is 1330. The molecule has 0 aromatic heterocycles. The summed E-state index contributed by atoms with van der Waals surface area (Å²) in [5.74, 6) is -2.13. The standard InChI is InChI=1S/C23H22N2O7S/c1-31-22(27)16-11-12-18(23(28)32-2)19(13-16)24-21(26)14-25(33(3,29)30)20-10-6-8-15-7-4-5-9-17(15)20/h4-13H,14H2,1-3H3,(H,24,26). The van der Waals surface area contributed by atoms with Crippen molar-refractivity contribution in [1.29, 1.82) is 0 Å². The number of carbonyl (C=O) groups is 3. The van der Waals surface area contributed by atoms with Crippen LogP contribution in [0.4, 0.5) is 11.4 Å². The Balaban J connectivity index is 1.98. The fourth-order valence-corrected chi connectivity index (χ4v) is 4.18. The molecule has 0 unspecified atom stereocenters. The number of fused-ring (bicyclic) bond motifs is 1. The Morgan fingerprint density at radius 3 is 2.24 bits per heavy atom. The minimum Gasteiger partial charge on any atom is -0.465 e. The van der Waals surface area contributed by atoms with E-state index in [9.17, 15) is 22.8 Å². The van der Waals surface area contributed by atoms with Gasteiger partial charge in [-0.15, -0.1) is 0 Å². The summed E-state index contributed by atoms with van der Waals surface area (Å²) in [6, 6.07) is 16.3. The first kappa shape index (κ1) is 23.7. The highest BCUT2D eigenvalue weighted by atomic mass is 32.2. The Morgan fingerprint density at radius 2 is 1.58 bits per heavy atom. The predicted octanol–water partition coefficient (Wildman–Crippen LogP) is 2.82. The molecule has 172 valence electrons. The van der Waals surface area contributed by atoms with Gasteiger partial charge in [-0.05, 0) is 29.7 Å². The van der Waals surface area contributed by atoms with Gasteiger partial charge in [-0.2, -0.15) is 0 Å². The summed E-state index contributed by atoms with van der Waals surface area (Å²) in [6.45, 7) is -0.560. The Kier molecular flexibility index (Phi) is 6.98. The normalized spacial score (nSPS) is 11.0. The first-order valence-corrected chi connectivity index (χ1v) is 11.6. The van der Waals surface area contributed by atoms with Crippen LogP contribution >= 0.6 is 0 Å². The van der Waals surface area contributed by atoms with E-state index in [1.165, 1.54) is 32.4 Å². The maximum atomic E-state index is 12.9. The molecule has 3 rings (SSSR count). The molecule has 1 N–H and O–H groups in total. The number of hydrogen-bond acceptors (Lipinski definition) is 7. The van der Waals surface area contributed by atoms with Gasteiger partial charge in [0.05, 0.1) is 43.0 Å². The van der Waals surface area contributed by atoms with Crippen molar-refractivity contribution in [1.82, 2.24) is 0 Å². The van der Waals surface area contributed by atoms with E-state index in [1.54, 1.807) is 24.3 Å². The molecular formula is C23H22N2O7S. The molecule has 0 saturated heterocycles. The number of nitrogens with zero attached hydrogens (tertiary/aromatic N) is 1. The van der Waals surface area contributed by atoms with Crippen LogP contribution in [0.25, 0.3) is 10.8 Å². The summed E-state index contributed by atoms with van der Waals surface area (Å²) >= 11 is 0. The number of methoxy groups -OCH3 is 2. The summed E-state index contributed by atoms with van der Waals surface area (Å²) < 4.78 is 35.5. The molecule has 0 heterocycles. The van der Waals surface area contributed by atoms with Crippen LogP contribution in [0.5, 0.6) is 0 Å². The van der Waals surface area contributed by atoms with Crippen LogP contribution in [-0.2, 0) is 24.3 Å². The van der Waals surface area contributed by atoms with E-state index in [0.29, 0.717) is 11.1 Å². The number of esters is 2. The van der Waals surface area contributed by atoms with Gasteiger partial charge in [0.1, 0.15) is 6.54 Å². The number of hydrogen-bond donors (Lipinski definition) is 1. The molecule has 0 atom stereocenters. The molecule has 0 aliphatic carbocycles. The third-order valence-corrected chi connectivity index (χ3v) is 5.97. The third-order valence-electron chi connectivity index (χ3n) is 4.84.